The topological polar surface area (TPSA) is 40.7 Å². The van der Waals surface area contributed by atoms with Gasteiger partial charge in [-0.25, -0.2) is 0 Å². The van der Waals surface area contributed by atoms with Crippen molar-refractivity contribution in [2.75, 3.05) is 0 Å². The van der Waals surface area contributed by atoms with Gasteiger partial charge < -0.3 is 5.32 Å². The Kier molecular flexibility index (Phi) is 4.05. The van der Waals surface area contributed by atoms with Crippen molar-refractivity contribution in [3.63, 3.8) is 0 Å². The highest BCUT2D eigenvalue weighted by Crippen LogP contribution is 2.22. The predicted molar refractivity (Wildman–Crippen MR) is 79.2 cm³/mol. The predicted octanol–water partition coefficient (Wildman–Crippen LogP) is 3.49. The first-order valence-corrected chi connectivity index (χ1v) is 6.79. The Balaban J connectivity index is 2.10. The van der Waals surface area contributed by atoms with Gasteiger partial charge in [-0.2, -0.15) is 5.10 Å². The molecule has 19 heavy (non-hydrogen) atoms. The third kappa shape index (κ3) is 3.04. The second kappa shape index (κ2) is 5.57. The number of hydrogen-bond acceptors (Lipinski definition) is 2. The first kappa shape index (κ1) is 13.8. The molecular formula is C16H23N3. The summed E-state index contributed by atoms with van der Waals surface area (Å²) in [6, 6.07) is 4.91. The number of aromatic amines is 1. The molecule has 0 saturated carbocycles. The third-order valence-electron chi connectivity index (χ3n) is 3.88. The minimum absolute atomic E-state index is 0.341. The van der Waals surface area contributed by atoms with Crippen molar-refractivity contribution >= 4 is 0 Å². The van der Waals surface area contributed by atoms with Crippen molar-refractivity contribution in [2.24, 2.45) is 0 Å². The van der Waals surface area contributed by atoms with Crippen molar-refractivity contribution in [2.45, 2.75) is 47.2 Å². The fourth-order valence-corrected chi connectivity index (χ4v) is 2.38. The molecule has 2 rings (SSSR count). The zero-order valence-electron chi connectivity index (χ0n) is 12.5. The van der Waals surface area contributed by atoms with E-state index in [9.17, 15) is 0 Å². The lowest BCUT2D eigenvalue weighted by Crippen LogP contribution is -2.19. The number of aromatic nitrogens is 2. The quantitative estimate of drug-likeness (QED) is 0.880. The molecule has 1 unspecified atom stereocenters. The lowest BCUT2D eigenvalue weighted by molar-refractivity contribution is 0.570. The molecule has 2 N–H and O–H groups in total. The van der Waals surface area contributed by atoms with Gasteiger partial charge in [-0.3, -0.25) is 5.10 Å². The molecule has 0 saturated heterocycles. The highest BCUT2D eigenvalue weighted by molar-refractivity contribution is 5.38. The first-order chi connectivity index (χ1) is 8.99. The van der Waals surface area contributed by atoms with E-state index in [2.05, 4.69) is 62.3 Å². The Labute approximate surface area is 115 Å². The molecule has 0 amide bonds. The smallest absolute Gasteiger partial charge is 0.0535 e. The summed E-state index contributed by atoms with van der Waals surface area (Å²) in [6.07, 6.45) is 1.89. The van der Waals surface area contributed by atoms with Gasteiger partial charge in [-0.1, -0.05) is 12.1 Å². The van der Waals surface area contributed by atoms with E-state index >= 15 is 0 Å². The summed E-state index contributed by atoms with van der Waals surface area (Å²) in [5.41, 5.74) is 7.81. The Morgan fingerprint density at radius 2 is 1.79 bits per heavy atom. The Hall–Kier alpha value is -1.61. The lowest BCUT2D eigenvalue weighted by atomic mass is 9.96. The van der Waals surface area contributed by atoms with Gasteiger partial charge in [-0.05, 0) is 56.9 Å². The lowest BCUT2D eigenvalue weighted by Gasteiger charge is -2.18. The van der Waals surface area contributed by atoms with E-state index in [1.165, 1.54) is 27.8 Å². The number of aryl methyl sites for hydroxylation is 4. The average Bonchev–Trinajstić information content (AvgIpc) is 2.76. The minimum atomic E-state index is 0.341. The largest absolute Gasteiger partial charge is 0.306 e. The number of hydrogen-bond donors (Lipinski definition) is 2. The fourth-order valence-electron chi connectivity index (χ4n) is 2.38. The average molecular weight is 257 g/mol. The molecule has 0 spiro atoms. The van der Waals surface area contributed by atoms with E-state index in [0.29, 0.717) is 6.04 Å². The summed E-state index contributed by atoms with van der Waals surface area (Å²) in [5, 5.41) is 10.6. The first-order valence-electron chi connectivity index (χ1n) is 6.79. The van der Waals surface area contributed by atoms with Crippen LogP contribution in [-0.2, 0) is 6.54 Å². The van der Waals surface area contributed by atoms with Crippen LogP contribution in [0, 0.1) is 27.7 Å². The molecule has 3 nitrogen and oxygen atoms in total. The molecule has 3 heteroatoms. The van der Waals surface area contributed by atoms with Crippen LogP contribution in [0.2, 0.25) is 0 Å². The van der Waals surface area contributed by atoms with Gasteiger partial charge in [0.2, 0.25) is 0 Å². The summed E-state index contributed by atoms with van der Waals surface area (Å²) in [7, 11) is 0. The van der Waals surface area contributed by atoms with Crippen LogP contribution >= 0.6 is 0 Å². The SMILES string of the molecule is Cc1cc(C)c(C(C)NCc2cn[nH]c2C)cc1C. The second-order valence-electron chi connectivity index (χ2n) is 5.42. The molecule has 1 aromatic carbocycles. The molecule has 1 aromatic heterocycles. The molecule has 2 aromatic rings. The molecule has 0 aliphatic rings. The number of H-pyrrole nitrogens is 1. The van der Waals surface area contributed by atoms with Crippen LogP contribution in [0.1, 0.15) is 46.5 Å². The second-order valence-corrected chi connectivity index (χ2v) is 5.42. The van der Waals surface area contributed by atoms with Crippen LogP contribution in [0.4, 0.5) is 0 Å². The number of nitrogens with one attached hydrogen (secondary N) is 2. The number of nitrogens with zero attached hydrogens (tertiary/aromatic N) is 1. The Morgan fingerprint density at radius 1 is 1.11 bits per heavy atom. The standard InChI is InChI=1S/C16H23N3/c1-10-6-12(3)16(7-11(10)2)14(5)17-8-15-9-18-19-13(15)4/h6-7,9,14,17H,8H2,1-5H3,(H,18,19). The maximum Gasteiger partial charge on any atom is 0.0535 e. The molecule has 0 bridgehead atoms. The van der Waals surface area contributed by atoms with Crippen molar-refractivity contribution < 1.29 is 0 Å². The molecular weight excluding hydrogens is 234 g/mol. The molecule has 1 atom stereocenters. The van der Waals surface area contributed by atoms with Crippen LogP contribution in [0.25, 0.3) is 0 Å². The number of rotatable bonds is 4. The molecule has 0 aliphatic heterocycles. The van der Waals surface area contributed by atoms with Crippen LogP contribution in [0.15, 0.2) is 18.3 Å². The Bertz CT molecular complexity index is 569. The molecule has 102 valence electrons. The normalized spacial score (nSPS) is 12.7. The highest BCUT2D eigenvalue weighted by atomic mass is 15.1. The van der Waals surface area contributed by atoms with Gasteiger partial charge in [0.25, 0.3) is 0 Å². The van der Waals surface area contributed by atoms with Gasteiger partial charge in [0.1, 0.15) is 0 Å². The van der Waals surface area contributed by atoms with E-state index in [-0.39, 0.29) is 0 Å². The van der Waals surface area contributed by atoms with E-state index in [1.807, 2.05) is 6.20 Å². The van der Waals surface area contributed by atoms with Gasteiger partial charge >= 0.3 is 0 Å². The van der Waals surface area contributed by atoms with Gasteiger partial charge in [0.05, 0.1) is 6.20 Å². The summed E-state index contributed by atoms with van der Waals surface area (Å²) in [4.78, 5) is 0. The van der Waals surface area contributed by atoms with E-state index < -0.39 is 0 Å². The molecule has 0 aliphatic carbocycles. The zero-order valence-corrected chi connectivity index (χ0v) is 12.5. The van der Waals surface area contributed by atoms with Gasteiger partial charge in [0, 0.05) is 23.8 Å². The molecule has 1 heterocycles. The Morgan fingerprint density at radius 3 is 2.42 bits per heavy atom. The fraction of sp³-hybridized carbons (Fsp3) is 0.438. The zero-order chi connectivity index (χ0) is 14.0. The van der Waals surface area contributed by atoms with E-state index in [4.69, 9.17) is 0 Å². The van der Waals surface area contributed by atoms with E-state index in [1.54, 1.807) is 0 Å². The third-order valence-corrected chi connectivity index (χ3v) is 3.88. The van der Waals surface area contributed by atoms with Crippen LogP contribution in [-0.4, -0.2) is 10.2 Å². The molecule has 0 radical (unpaired) electrons. The monoisotopic (exact) mass is 257 g/mol. The van der Waals surface area contributed by atoms with Crippen LogP contribution < -0.4 is 5.32 Å². The van der Waals surface area contributed by atoms with E-state index in [0.717, 1.165) is 12.2 Å². The van der Waals surface area contributed by atoms with Crippen LogP contribution in [0.5, 0.6) is 0 Å². The van der Waals surface area contributed by atoms with Gasteiger partial charge in [-0.15, -0.1) is 0 Å². The van der Waals surface area contributed by atoms with Crippen molar-refractivity contribution in [3.8, 4) is 0 Å². The highest BCUT2D eigenvalue weighted by Gasteiger charge is 2.10. The van der Waals surface area contributed by atoms with Crippen molar-refractivity contribution in [1.82, 2.24) is 15.5 Å². The summed E-state index contributed by atoms with van der Waals surface area (Å²) < 4.78 is 0. The summed E-state index contributed by atoms with van der Waals surface area (Å²) in [5.74, 6) is 0. The molecule has 0 fully saturated rings. The van der Waals surface area contributed by atoms with Gasteiger partial charge in [0.15, 0.2) is 0 Å². The summed E-state index contributed by atoms with van der Waals surface area (Å²) in [6.45, 7) is 11.6. The van der Waals surface area contributed by atoms with Crippen molar-refractivity contribution in [1.29, 1.82) is 0 Å². The minimum Gasteiger partial charge on any atom is -0.306 e. The van der Waals surface area contributed by atoms with Crippen LogP contribution in [0.3, 0.4) is 0 Å². The van der Waals surface area contributed by atoms with Crippen molar-refractivity contribution in [3.05, 3.63) is 51.8 Å². The number of benzene rings is 1. The maximum absolute atomic E-state index is 4.05. The maximum atomic E-state index is 4.05. The summed E-state index contributed by atoms with van der Waals surface area (Å²) >= 11 is 0.